The number of carbonyl (C=O) groups is 1. The van der Waals surface area contributed by atoms with Gasteiger partial charge in [-0.3, -0.25) is 4.79 Å². The Balaban J connectivity index is 2.09. The zero-order valence-corrected chi connectivity index (χ0v) is 11.3. The third kappa shape index (κ3) is 3.23. The molecule has 0 spiro atoms. The first-order valence-corrected chi connectivity index (χ1v) is 6.54. The number of amides is 1. The van der Waals surface area contributed by atoms with Crippen LogP contribution in [0.2, 0.25) is 0 Å². The van der Waals surface area contributed by atoms with E-state index in [4.69, 9.17) is 5.73 Å². The lowest BCUT2D eigenvalue weighted by Crippen LogP contribution is -2.35. The van der Waals surface area contributed by atoms with Crippen LogP contribution in [-0.2, 0) is 4.79 Å². The van der Waals surface area contributed by atoms with E-state index in [1.807, 2.05) is 17.9 Å². The molecule has 1 aliphatic rings. The lowest BCUT2D eigenvalue weighted by Gasteiger charge is -2.20. The summed E-state index contributed by atoms with van der Waals surface area (Å²) in [6, 6.07) is 5.05. The van der Waals surface area contributed by atoms with Gasteiger partial charge >= 0.3 is 0 Å². The van der Waals surface area contributed by atoms with E-state index < -0.39 is 0 Å². The first kappa shape index (κ1) is 13.8. The summed E-state index contributed by atoms with van der Waals surface area (Å²) in [5, 5.41) is 2.87. The van der Waals surface area contributed by atoms with E-state index in [1.165, 1.54) is 13.0 Å². The molecule has 1 fully saturated rings. The molecule has 1 saturated heterocycles. The van der Waals surface area contributed by atoms with E-state index in [0.29, 0.717) is 12.2 Å². The molecule has 0 bridgehead atoms. The van der Waals surface area contributed by atoms with Crippen LogP contribution in [0.1, 0.15) is 31.9 Å². The molecular weight excluding hydrogens is 245 g/mol. The second-order valence-corrected chi connectivity index (χ2v) is 5.13. The van der Waals surface area contributed by atoms with Crippen molar-refractivity contribution >= 4 is 11.6 Å². The third-order valence-electron chi connectivity index (χ3n) is 3.43. The maximum absolute atomic E-state index is 14.1. The summed E-state index contributed by atoms with van der Waals surface area (Å²) >= 11 is 0. The summed E-state index contributed by atoms with van der Waals surface area (Å²) in [4.78, 5) is 13.0. The SMILES string of the molecule is CC(=O)NC1CCN(c2ccc([C@@H](C)N)cc2F)C1. The summed E-state index contributed by atoms with van der Waals surface area (Å²) in [5.41, 5.74) is 7.11. The van der Waals surface area contributed by atoms with Crippen LogP contribution in [0, 0.1) is 5.82 Å². The molecule has 2 rings (SSSR count). The number of rotatable bonds is 3. The molecule has 5 heteroatoms. The van der Waals surface area contributed by atoms with Crippen molar-refractivity contribution in [2.24, 2.45) is 5.73 Å². The van der Waals surface area contributed by atoms with Gasteiger partial charge in [0, 0.05) is 32.1 Å². The molecule has 1 amide bonds. The summed E-state index contributed by atoms with van der Waals surface area (Å²) in [6.07, 6.45) is 0.841. The minimum absolute atomic E-state index is 0.0420. The molecule has 0 aromatic heterocycles. The average Bonchev–Trinajstić information content (AvgIpc) is 2.76. The van der Waals surface area contributed by atoms with Crippen LogP contribution >= 0.6 is 0 Å². The number of nitrogens with zero attached hydrogens (tertiary/aromatic N) is 1. The second-order valence-electron chi connectivity index (χ2n) is 5.13. The molecule has 3 N–H and O–H groups in total. The number of hydrogen-bond acceptors (Lipinski definition) is 3. The molecule has 104 valence electrons. The van der Waals surface area contributed by atoms with Crippen LogP contribution in [0.5, 0.6) is 0 Å². The lowest BCUT2D eigenvalue weighted by atomic mass is 10.1. The molecule has 1 aliphatic heterocycles. The molecule has 2 atom stereocenters. The van der Waals surface area contributed by atoms with Crippen LogP contribution in [0.3, 0.4) is 0 Å². The zero-order valence-electron chi connectivity index (χ0n) is 11.3. The normalized spacial score (nSPS) is 20.4. The fourth-order valence-corrected chi connectivity index (χ4v) is 2.45. The van der Waals surface area contributed by atoms with Gasteiger partial charge in [-0.1, -0.05) is 6.07 Å². The fraction of sp³-hybridized carbons (Fsp3) is 0.500. The Morgan fingerprint density at radius 3 is 2.89 bits per heavy atom. The number of carbonyl (C=O) groups excluding carboxylic acids is 1. The highest BCUT2D eigenvalue weighted by Gasteiger charge is 2.25. The van der Waals surface area contributed by atoms with Gasteiger partial charge in [0.15, 0.2) is 0 Å². The van der Waals surface area contributed by atoms with Gasteiger partial charge < -0.3 is 16.0 Å². The first-order chi connectivity index (χ1) is 8.97. The molecule has 0 saturated carbocycles. The molecule has 1 aromatic carbocycles. The number of anilines is 1. The van der Waals surface area contributed by atoms with Gasteiger partial charge in [-0.2, -0.15) is 0 Å². The van der Waals surface area contributed by atoms with Crippen molar-refractivity contribution in [3.05, 3.63) is 29.6 Å². The minimum atomic E-state index is -0.252. The van der Waals surface area contributed by atoms with Crippen molar-refractivity contribution in [3.63, 3.8) is 0 Å². The van der Waals surface area contributed by atoms with E-state index in [9.17, 15) is 9.18 Å². The topological polar surface area (TPSA) is 58.4 Å². The fourth-order valence-electron chi connectivity index (χ4n) is 2.45. The third-order valence-corrected chi connectivity index (χ3v) is 3.43. The monoisotopic (exact) mass is 265 g/mol. The molecule has 1 aromatic rings. The molecule has 19 heavy (non-hydrogen) atoms. The number of benzene rings is 1. The average molecular weight is 265 g/mol. The van der Waals surface area contributed by atoms with Gasteiger partial charge in [-0.25, -0.2) is 4.39 Å². The highest BCUT2D eigenvalue weighted by Crippen LogP contribution is 2.26. The van der Waals surface area contributed by atoms with E-state index in [1.54, 1.807) is 6.07 Å². The zero-order chi connectivity index (χ0) is 14.0. The van der Waals surface area contributed by atoms with E-state index in [-0.39, 0.29) is 23.8 Å². The van der Waals surface area contributed by atoms with Crippen molar-refractivity contribution in [2.45, 2.75) is 32.4 Å². The summed E-state index contributed by atoms with van der Waals surface area (Å²) in [7, 11) is 0. The standard InChI is InChI=1S/C14H20FN3O/c1-9(16)11-3-4-14(13(15)7-11)18-6-5-12(8-18)17-10(2)19/h3-4,7,9,12H,5-6,8,16H2,1-2H3,(H,17,19)/t9-,12?/m1/s1. The van der Waals surface area contributed by atoms with E-state index >= 15 is 0 Å². The Hall–Kier alpha value is -1.62. The quantitative estimate of drug-likeness (QED) is 0.872. The highest BCUT2D eigenvalue weighted by molar-refractivity contribution is 5.73. The van der Waals surface area contributed by atoms with Gasteiger partial charge in [-0.05, 0) is 31.0 Å². The second kappa shape index (κ2) is 5.57. The Labute approximate surface area is 112 Å². The van der Waals surface area contributed by atoms with Crippen molar-refractivity contribution in [1.82, 2.24) is 5.32 Å². The van der Waals surface area contributed by atoms with Crippen molar-refractivity contribution in [1.29, 1.82) is 0 Å². The Morgan fingerprint density at radius 2 is 2.32 bits per heavy atom. The largest absolute Gasteiger partial charge is 0.367 e. The molecule has 0 aliphatic carbocycles. The number of nitrogens with one attached hydrogen (secondary N) is 1. The van der Waals surface area contributed by atoms with Crippen molar-refractivity contribution in [3.8, 4) is 0 Å². The maximum atomic E-state index is 14.1. The Bertz CT molecular complexity index is 476. The van der Waals surface area contributed by atoms with Gasteiger partial charge in [0.1, 0.15) is 5.82 Å². The Morgan fingerprint density at radius 1 is 1.58 bits per heavy atom. The van der Waals surface area contributed by atoms with E-state index in [0.717, 1.165) is 18.5 Å². The molecule has 1 unspecified atom stereocenters. The van der Waals surface area contributed by atoms with Gasteiger partial charge in [0.2, 0.25) is 5.91 Å². The van der Waals surface area contributed by atoms with Crippen LogP contribution in [-0.4, -0.2) is 25.0 Å². The highest BCUT2D eigenvalue weighted by atomic mass is 19.1. The molecule has 1 heterocycles. The summed E-state index contributed by atoms with van der Waals surface area (Å²) in [5.74, 6) is -0.294. The van der Waals surface area contributed by atoms with Crippen LogP contribution in [0.25, 0.3) is 0 Å². The molecule has 0 radical (unpaired) electrons. The van der Waals surface area contributed by atoms with E-state index in [2.05, 4.69) is 5.32 Å². The van der Waals surface area contributed by atoms with Gasteiger partial charge in [-0.15, -0.1) is 0 Å². The summed E-state index contributed by atoms with van der Waals surface area (Å²) in [6.45, 7) is 4.73. The van der Waals surface area contributed by atoms with Crippen LogP contribution in [0.15, 0.2) is 18.2 Å². The molecular formula is C14H20FN3O. The predicted octanol–water partition coefficient (Wildman–Crippen LogP) is 1.56. The Kier molecular flexibility index (Phi) is 4.04. The lowest BCUT2D eigenvalue weighted by molar-refractivity contribution is -0.119. The number of hydrogen-bond donors (Lipinski definition) is 2. The number of nitrogens with two attached hydrogens (primary N) is 1. The van der Waals surface area contributed by atoms with Gasteiger partial charge in [0.25, 0.3) is 0 Å². The minimum Gasteiger partial charge on any atom is -0.367 e. The number of halogens is 1. The smallest absolute Gasteiger partial charge is 0.217 e. The maximum Gasteiger partial charge on any atom is 0.217 e. The van der Waals surface area contributed by atoms with Crippen LogP contribution in [0.4, 0.5) is 10.1 Å². The van der Waals surface area contributed by atoms with Crippen molar-refractivity contribution in [2.75, 3.05) is 18.0 Å². The van der Waals surface area contributed by atoms with Crippen molar-refractivity contribution < 1.29 is 9.18 Å². The molecule has 4 nitrogen and oxygen atoms in total. The van der Waals surface area contributed by atoms with Gasteiger partial charge in [0.05, 0.1) is 5.69 Å². The first-order valence-electron chi connectivity index (χ1n) is 6.54. The predicted molar refractivity (Wildman–Crippen MR) is 73.4 cm³/mol. The van der Waals surface area contributed by atoms with Crippen LogP contribution < -0.4 is 16.0 Å². The summed E-state index contributed by atoms with van der Waals surface area (Å²) < 4.78 is 14.1.